The summed E-state index contributed by atoms with van der Waals surface area (Å²) in [5.41, 5.74) is 2.70. The zero-order valence-electron chi connectivity index (χ0n) is 18.2. The number of aliphatic hydroxyl groups is 2. The van der Waals surface area contributed by atoms with Gasteiger partial charge in [-0.2, -0.15) is 0 Å². The number of rotatable bonds is 3. The van der Waals surface area contributed by atoms with Crippen LogP contribution in [0.3, 0.4) is 0 Å². The van der Waals surface area contributed by atoms with Crippen LogP contribution in [0.5, 0.6) is 11.5 Å². The molecule has 2 atom stereocenters. The van der Waals surface area contributed by atoms with E-state index < -0.39 is 12.2 Å². The Morgan fingerprint density at radius 3 is 2.78 bits per heavy atom. The van der Waals surface area contributed by atoms with Gasteiger partial charge in [0, 0.05) is 43.4 Å². The minimum Gasteiger partial charge on any atom is -0.493 e. The molecule has 3 aliphatic rings. The number of likely N-dealkylation sites (tertiary alicyclic amines) is 1. The zero-order valence-corrected chi connectivity index (χ0v) is 18.2. The molecule has 1 fully saturated rings. The molecule has 6 rings (SSSR count). The summed E-state index contributed by atoms with van der Waals surface area (Å²) >= 11 is 0. The highest BCUT2D eigenvalue weighted by atomic mass is 16.5. The molecule has 2 unspecified atom stereocenters. The summed E-state index contributed by atoms with van der Waals surface area (Å²) in [5.74, 6) is 1.79. The lowest BCUT2D eigenvalue weighted by atomic mass is 9.81. The molecule has 0 amide bonds. The summed E-state index contributed by atoms with van der Waals surface area (Å²) in [7, 11) is 0. The molecule has 2 N–H and O–H groups in total. The maximum absolute atomic E-state index is 10.9. The average molecular weight is 432 g/mol. The van der Waals surface area contributed by atoms with E-state index in [2.05, 4.69) is 29.2 Å². The number of piperidine rings is 1. The fraction of sp³-hybridized carbons (Fsp3) is 0.407. The molecule has 0 aromatic heterocycles. The van der Waals surface area contributed by atoms with Crippen LogP contribution in [0.15, 0.2) is 54.6 Å². The lowest BCUT2D eigenvalue weighted by Crippen LogP contribution is -2.51. The first-order chi connectivity index (χ1) is 15.6. The molecular formula is C27H29NO4. The number of hydrogen-bond acceptors (Lipinski definition) is 5. The molecule has 0 radical (unpaired) electrons. The molecule has 3 heterocycles. The van der Waals surface area contributed by atoms with Gasteiger partial charge in [-0.3, -0.25) is 0 Å². The summed E-state index contributed by atoms with van der Waals surface area (Å²) in [6.45, 7) is 3.03. The second-order valence-corrected chi connectivity index (χ2v) is 9.49. The monoisotopic (exact) mass is 431 g/mol. The van der Waals surface area contributed by atoms with Gasteiger partial charge in [0.1, 0.15) is 17.1 Å². The lowest BCUT2D eigenvalue weighted by molar-refractivity contribution is -0.0577. The summed E-state index contributed by atoms with van der Waals surface area (Å²) in [5, 5.41) is 24.0. The first kappa shape index (κ1) is 20.0. The van der Waals surface area contributed by atoms with E-state index in [1.165, 1.54) is 5.56 Å². The Kier molecular flexibility index (Phi) is 4.86. The van der Waals surface area contributed by atoms with Gasteiger partial charge in [-0.25, -0.2) is 0 Å². The molecule has 3 aromatic carbocycles. The number of aliphatic hydroxyl groups excluding tert-OH is 2. The van der Waals surface area contributed by atoms with Crippen molar-refractivity contribution in [3.8, 4) is 11.5 Å². The fourth-order valence-corrected chi connectivity index (χ4v) is 5.57. The van der Waals surface area contributed by atoms with Gasteiger partial charge in [-0.15, -0.1) is 0 Å². The lowest BCUT2D eigenvalue weighted by Gasteiger charge is -2.46. The molecule has 0 bridgehead atoms. The van der Waals surface area contributed by atoms with Crippen molar-refractivity contribution in [3.63, 3.8) is 0 Å². The zero-order chi connectivity index (χ0) is 21.7. The van der Waals surface area contributed by atoms with Gasteiger partial charge in [0.05, 0.1) is 18.8 Å². The maximum Gasteiger partial charge on any atom is 0.133 e. The molecule has 5 heteroatoms. The molecular weight excluding hydrogens is 402 g/mol. The third kappa shape index (κ3) is 3.45. The van der Waals surface area contributed by atoms with Crippen molar-refractivity contribution >= 4 is 10.8 Å². The van der Waals surface area contributed by atoms with Gasteiger partial charge in [0.15, 0.2) is 0 Å². The highest BCUT2D eigenvalue weighted by Crippen LogP contribution is 2.47. The van der Waals surface area contributed by atoms with E-state index >= 15 is 0 Å². The van der Waals surface area contributed by atoms with Crippen LogP contribution in [0.1, 0.15) is 48.2 Å². The Morgan fingerprint density at radius 2 is 1.91 bits per heavy atom. The predicted octanol–water partition coefficient (Wildman–Crippen LogP) is 4.16. The maximum atomic E-state index is 10.9. The Labute approximate surface area is 188 Å². The topological polar surface area (TPSA) is 62.2 Å². The van der Waals surface area contributed by atoms with Crippen molar-refractivity contribution in [2.45, 2.75) is 43.5 Å². The molecule has 3 aliphatic heterocycles. The quantitative estimate of drug-likeness (QED) is 0.652. The first-order valence-corrected chi connectivity index (χ1v) is 11.7. The van der Waals surface area contributed by atoms with Gasteiger partial charge in [-0.1, -0.05) is 42.5 Å². The van der Waals surface area contributed by atoms with Gasteiger partial charge < -0.3 is 24.6 Å². The average Bonchev–Trinajstić information content (AvgIpc) is 3.29. The normalized spacial score (nSPS) is 22.8. The van der Waals surface area contributed by atoms with Crippen LogP contribution < -0.4 is 9.47 Å². The largest absolute Gasteiger partial charge is 0.493 e. The highest BCUT2D eigenvalue weighted by Gasteiger charge is 2.43. The van der Waals surface area contributed by atoms with Gasteiger partial charge in [0.2, 0.25) is 0 Å². The molecule has 3 aromatic rings. The van der Waals surface area contributed by atoms with E-state index in [1.807, 2.05) is 30.3 Å². The smallest absolute Gasteiger partial charge is 0.133 e. The highest BCUT2D eigenvalue weighted by molar-refractivity contribution is 5.90. The third-order valence-electron chi connectivity index (χ3n) is 7.45. The van der Waals surface area contributed by atoms with Gasteiger partial charge >= 0.3 is 0 Å². The molecule has 1 spiro atoms. The Bertz CT molecular complexity index is 1150. The second-order valence-electron chi connectivity index (χ2n) is 9.49. The van der Waals surface area contributed by atoms with Crippen LogP contribution in [0.4, 0.5) is 0 Å². The number of hydrogen-bond donors (Lipinski definition) is 2. The summed E-state index contributed by atoms with van der Waals surface area (Å²) in [6.07, 6.45) is 2.21. The fourth-order valence-electron chi connectivity index (χ4n) is 5.57. The van der Waals surface area contributed by atoms with Crippen LogP contribution in [0, 0.1) is 0 Å². The molecule has 32 heavy (non-hydrogen) atoms. The van der Waals surface area contributed by atoms with Crippen LogP contribution in [-0.2, 0) is 6.42 Å². The minimum atomic E-state index is -0.516. The van der Waals surface area contributed by atoms with Crippen molar-refractivity contribution in [3.05, 3.63) is 71.3 Å². The second kappa shape index (κ2) is 7.77. The molecule has 5 nitrogen and oxygen atoms in total. The van der Waals surface area contributed by atoms with Crippen molar-refractivity contribution in [2.24, 2.45) is 0 Å². The van der Waals surface area contributed by atoms with Crippen LogP contribution in [-0.4, -0.2) is 47.0 Å². The van der Waals surface area contributed by atoms with Crippen molar-refractivity contribution in [1.29, 1.82) is 0 Å². The van der Waals surface area contributed by atoms with E-state index in [0.29, 0.717) is 13.0 Å². The van der Waals surface area contributed by atoms with Crippen molar-refractivity contribution in [1.82, 2.24) is 4.90 Å². The Hall–Kier alpha value is -2.60. The standard InChI is InChI=1S/C27H29NO4/c29-23-16-27(32-26-21-4-2-1-3-18(21)5-7-22(23)26)10-12-28(13-11-27)17-24(30)19-6-8-25-20(15-19)9-14-31-25/h1-8,15,23-24,29-30H,9-14,16-17H2. The predicted molar refractivity (Wildman–Crippen MR) is 123 cm³/mol. The first-order valence-electron chi connectivity index (χ1n) is 11.7. The van der Waals surface area contributed by atoms with E-state index in [1.54, 1.807) is 0 Å². The Morgan fingerprint density at radius 1 is 1.06 bits per heavy atom. The van der Waals surface area contributed by atoms with Gasteiger partial charge in [0.25, 0.3) is 0 Å². The number of β-amino-alcohol motifs (C(OH)–C–C–N with tert-alkyl or cyclic N) is 1. The number of nitrogens with zero attached hydrogens (tertiary/aromatic N) is 1. The summed E-state index contributed by atoms with van der Waals surface area (Å²) in [4.78, 5) is 2.31. The molecule has 166 valence electrons. The van der Waals surface area contributed by atoms with E-state index in [9.17, 15) is 10.2 Å². The van der Waals surface area contributed by atoms with Crippen LogP contribution in [0.2, 0.25) is 0 Å². The van der Waals surface area contributed by atoms with Crippen molar-refractivity contribution in [2.75, 3.05) is 26.2 Å². The summed E-state index contributed by atoms with van der Waals surface area (Å²) < 4.78 is 12.3. The summed E-state index contributed by atoms with van der Waals surface area (Å²) in [6, 6.07) is 18.3. The van der Waals surface area contributed by atoms with Crippen LogP contribution in [0.25, 0.3) is 10.8 Å². The van der Waals surface area contributed by atoms with E-state index in [0.717, 1.165) is 72.4 Å². The van der Waals surface area contributed by atoms with E-state index in [4.69, 9.17) is 9.47 Å². The van der Waals surface area contributed by atoms with Gasteiger partial charge in [-0.05, 0) is 41.5 Å². The molecule has 1 saturated heterocycles. The van der Waals surface area contributed by atoms with Crippen LogP contribution >= 0.6 is 0 Å². The molecule has 0 saturated carbocycles. The number of ether oxygens (including phenoxy) is 2. The Balaban J connectivity index is 1.16. The third-order valence-corrected chi connectivity index (χ3v) is 7.45. The minimum absolute atomic E-state index is 0.344. The number of fused-ring (bicyclic) bond motifs is 4. The van der Waals surface area contributed by atoms with Crippen molar-refractivity contribution < 1.29 is 19.7 Å². The van der Waals surface area contributed by atoms with E-state index in [-0.39, 0.29) is 5.60 Å². The number of benzene rings is 3. The SMILES string of the molecule is OC(CN1CCC2(CC1)CC(O)c1ccc3ccccc3c1O2)c1ccc2c(c1)CCO2. The molecule has 0 aliphatic carbocycles.